The summed E-state index contributed by atoms with van der Waals surface area (Å²) in [5.41, 5.74) is 1.27. The fraction of sp³-hybridized carbons (Fsp3) is 0.538. The minimum Gasteiger partial charge on any atom is -0.366 e. The summed E-state index contributed by atoms with van der Waals surface area (Å²) in [5, 5.41) is 2.63. The number of aromatic nitrogens is 1. The van der Waals surface area contributed by atoms with Crippen molar-refractivity contribution < 1.29 is 9.53 Å². The molecule has 0 aromatic carbocycles. The van der Waals surface area contributed by atoms with Gasteiger partial charge in [0.25, 0.3) is 0 Å². The number of nitrogens with one attached hydrogen (secondary N) is 1. The first-order chi connectivity index (χ1) is 8.79. The zero-order chi connectivity index (χ0) is 12.8. The van der Waals surface area contributed by atoms with Crippen molar-refractivity contribution in [3.8, 4) is 0 Å². The van der Waals surface area contributed by atoms with Gasteiger partial charge in [0.2, 0.25) is 5.91 Å². The molecule has 1 unspecified atom stereocenters. The number of hydrogen-bond acceptors (Lipinski definition) is 4. The van der Waals surface area contributed by atoms with E-state index in [0.29, 0.717) is 13.2 Å². The van der Waals surface area contributed by atoms with Gasteiger partial charge in [-0.3, -0.25) is 14.7 Å². The molecule has 0 bridgehead atoms. The van der Waals surface area contributed by atoms with Crippen LogP contribution in [0.15, 0.2) is 24.5 Å². The van der Waals surface area contributed by atoms with E-state index in [1.54, 1.807) is 7.05 Å². The third-order valence-corrected chi connectivity index (χ3v) is 3.16. The first-order valence-corrected chi connectivity index (χ1v) is 6.24. The van der Waals surface area contributed by atoms with Gasteiger partial charge in [0.1, 0.15) is 6.10 Å². The Morgan fingerprint density at radius 2 is 2.33 bits per heavy atom. The van der Waals surface area contributed by atoms with E-state index < -0.39 is 0 Å². The van der Waals surface area contributed by atoms with E-state index in [-0.39, 0.29) is 12.0 Å². The number of rotatable bonds is 4. The molecule has 1 aliphatic heterocycles. The molecule has 1 atom stereocenters. The molecule has 1 aromatic rings. The Hall–Kier alpha value is -1.46. The predicted molar refractivity (Wildman–Crippen MR) is 68.2 cm³/mol. The number of carbonyl (C=O) groups excluding carboxylic acids is 1. The summed E-state index contributed by atoms with van der Waals surface area (Å²) < 4.78 is 5.45. The Morgan fingerprint density at radius 3 is 3.06 bits per heavy atom. The molecular formula is C13H19N3O2. The Balaban J connectivity index is 1.81. The normalized spacial score (nSPS) is 20.6. The second-order valence-electron chi connectivity index (χ2n) is 4.38. The third kappa shape index (κ3) is 3.51. The maximum absolute atomic E-state index is 11.5. The molecule has 1 aliphatic rings. The standard InChI is InChI=1S/C13H19N3O2/c1-14-13(17)12-10-16(8-9-18-12)7-4-11-2-5-15-6-3-11/h2-3,5-6,12H,4,7-10H2,1H3,(H,14,17). The topological polar surface area (TPSA) is 54.5 Å². The lowest BCUT2D eigenvalue weighted by Gasteiger charge is -2.31. The highest BCUT2D eigenvalue weighted by atomic mass is 16.5. The lowest BCUT2D eigenvalue weighted by atomic mass is 10.1. The highest BCUT2D eigenvalue weighted by molar-refractivity contribution is 5.80. The van der Waals surface area contributed by atoms with Gasteiger partial charge in [-0.05, 0) is 24.1 Å². The van der Waals surface area contributed by atoms with Gasteiger partial charge in [0, 0.05) is 39.1 Å². The highest BCUT2D eigenvalue weighted by Crippen LogP contribution is 2.07. The Labute approximate surface area is 107 Å². The number of morpholine rings is 1. The lowest BCUT2D eigenvalue weighted by molar-refractivity contribution is -0.137. The van der Waals surface area contributed by atoms with Crippen molar-refractivity contribution in [3.05, 3.63) is 30.1 Å². The zero-order valence-corrected chi connectivity index (χ0v) is 10.6. The van der Waals surface area contributed by atoms with Gasteiger partial charge in [-0.25, -0.2) is 0 Å². The molecule has 1 amide bonds. The maximum atomic E-state index is 11.5. The molecule has 1 N–H and O–H groups in total. The molecule has 18 heavy (non-hydrogen) atoms. The van der Waals surface area contributed by atoms with Crippen LogP contribution in [-0.2, 0) is 16.0 Å². The Morgan fingerprint density at radius 1 is 1.56 bits per heavy atom. The number of ether oxygens (including phenoxy) is 1. The van der Waals surface area contributed by atoms with Crippen LogP contribution in [0.3, 0.4) is 0 Å². The van der Waals surface area contributed by atoms with Gasteiger partial charge < -0.3 is 10.1 Å². The van der Waals surface area contributed by atoms with Crippen LogP contribution in [0.5, 0.6) is 0 Å². The van der Waals surface area contributed by atoms with Crippen molar-refractivity contribution in [1.29, 1.82) is 0 Å². The molecule has 0 aliphatic carbocycles. The van der Waals surface area contributed by atoms with E-state index >= 15 is 0 Å². The number of hydrogen-bond donors (Lipinski definition) is 1. The zero-order valence-electron chi connectivity index (χ0n) is 10.6. The van der Waals surface area contributed by atoms with Crippen LogP contribution in [-0.4, -0.2) is 55.2 Å². The van der Waals surface area contributed by atoms with Crippen molar-refractivity contribution >= 4 is 5.91 Å². The molecule has 5 nitrogen and oxygen atoms in total. The number of carbonyl (C=O) groups is 1. The molecular weight excluding hydrogens is 230 g/mol. The Bertz CT molecular complexity index is 383. The Kier molecular flexibility index (Phi) is 4.66. The van der Waals surface area contributed by atoms with Crippen molar-refractivity contribution in [2.24, 2.45) is 0 Å². The van der Waals surface area contributed by atoms with E-state index in [9.17, 15) is 4.79 Å². The monoisotopic (exact) mass is 249 g/mol. The van der Waals surface area contributed by atoms with Crippen molar-refractivity contribution in [3.63, 3.8) is 0 Å². The summed E-state index contributed by atoms with van der Waals surface area (Å²) in [6.45, 7) is 3.12. The van der Waals surface area contributed by atoms with Crippen LogP contribution < -0.4 is 5.32 Å². The quantitative estimate of drug-likeness (QED) is 0.820. The third-order valence-electron chi connectivity index (χ3n) is 3.16. The largest absolute Gasteiger partial charge is 0.366 e. The predicted octanol–water partition coefficient (Wildman–Crippen LogP) is 0.0709. The van der Waals surface area contributed by atoms with E-state index in [4.69, 9.17) is 4.74 Å². The van der Waals surface area contributed by atoms with Crippen LogP contribution in [0.25, 0.3) is 0 Å². The average molecular weight is 249 g/mol. The van der Waals surface area contributed by atoms with Crippen LogP contribution in [0.2, 0.25) is 0 Å². The molecule has 1 saturated heterocycles. The molecule has 0 radical (unpaired) electrons. The van der Waals surface area contributed by atoms with Crippen LogP contribution in [0.1, 0.15) is 5.56 Å². The van der Waals surface area contributed by atoms with Crippen LogP contribution in [0.4, 0.5) is 0 Å². The molecule has 0 saturated carbocycles. The molecule has 1 fully saturated rings. The van der Waals surface area contributed by atoms with Gasteiger partial charge in [-0.1, -0.05) is 0 Å². The number of amides is 1. The summed E-state index contributed by atoms with van der Waals surface area (Å²) in [5.74, 6) is -0.0383. The van der Waals surface area contributed by atoms with Gasteiger partial charge in [-0.15, -0.1) is 0 Å². The number of pyridine rings is 1. The number of likely N-dealkylation sites (N-methyl/N-ethyl adjacent to an activating group) is 1. The fourth-order valence-electron chi connectivity index (χ4n) is 2.06. The van der Waals surface area contributed by atoms with E-state index in [2.05, 4.69) is 15.2 Å². The second kappa shape index (κ2) is 6.47. The average Bonchev–Trinajstić information content (AvgIpc) is 2.45. The highest BCUT2D eigenvalue weighted by Gasteiger charge is 2.25. The first kappa shape index (κ1) is 13.0. The summed E-state index contributed by atoms with van der Waals surface area (Å²) in [7, 11) is 1.64. The van der Waals surface area contributed by atoms with Gasteiger partial charge in [0.05, 0.1) is 6.61 Å². The van der Waals surface area contributed by atoms with Crippen molar-refractivity contribution in [1.82, 2.24) is 15.2 Å². The van der Waals surface area contributed by atoms with E-state index in [0.717, 1.165) is 19.5 Å². The SMILES string of the molecule is CNC(=O)C1CN(CCc2ccncc2)CCO1. The van der Waals surface area contributed by atoms with Crippen molar-refractivity contribution in [2.45, 2.75) is 12.5 Å². The maximum Gasteiger partial charge on any atom is 0.250 e. The van der Waals surface area contributed by atoms with Gasteiger partial charge in [-0.2, -0.15) is 0 Å². The van der Waals surface area contributed by atoms with Gasteiger partial charge in [0.15, 0.2) is 0 Å². The van der Waals surface area contributed by atoms with Crippen LogP contribution >= 0.6 is 0 Å². The fourth-order valence-corrected chi connectivity index (χ4v) is 2.06. The first-order valence-electron chi connectivity index (χ1n) is 6.24. The van der Waals surface area contributed by atoms with E-state index in [1.807, 2.05) is 24.5 Å². The molecule has 1 aromatic heterocycles. The summed E-state index contributed by atoms with van der Waals surface area (Å²) >= 11 is 0. The van der Waals surface area contributed by atoms with Crippen molar-refractivity contribution in [2.75, 3.05) is 33.3 Å². The summed E-state index contributed by atoms with van der Waals surface area (Å²) in [6.07, 6.45) is 4.26. The second-order valence-corrected chi connectivity index (χ2v) is 4.38. The molecule has 98 valence electrons. The van der Waals surface area contributed by atoms with E-state index in [1.165, 1.54) is 5.56 Å². The minimum absolute atomic E-state index is 0.0383. The van der Waals surface area contributed by atoms with Gasteiger partial charge >= 0.3 is 0 Å². The van der Waals surface area contributed by atoms with Crippen LogP contribution in [0, 0.1) is 0 Å². The summed E-state index contributed by atoms with van der Waals surface area (Å²) in [4.78, 5) is 17.8. The molecule has 2 heterocycles. The molecule has 2 rings (SSSR count). The summed E-state index contributed by atoms with van der Waals surface area (Å²) in [6, 6.07) is 4.05. The minimum atomic E-state index is -0.332. The lowest BCUT2D eigenvalue weighted by Crippen LogP contribution is -2.49. The molecule has 5 heteroatoms. The molecule has 0 spiro atoms. The number of nitrogens with zero attached hydrogens (tertiary/aromatic N) is 2. The smallest absolute Gasteiger partial charge is 0.250 e.